The Balaban J connectivity index is 1.87. The van der Waals surface area contributed by atoms with Crippen LogP contribution in [0.5, 0.6) is 0 Å². The molecule has 0 aliphatic rings. The molecule has 142 valence electrons. The van der Waals surface area contributed by atoms with Crippen molar-refractivity contribution in [3.63, 3.8) is 0 Å². The van der Waals surface area contributed by atoms with Crippen molar-refractivity contribution < 1.29 is 17.7 Å². The molecule has 0 unspecified atom stereocenters. The van der Waals surface area contributed by atoms with Crippen LogP contribution in [0.4, 0.5) is 13.2 Å². The average molecular weight is 369 g/mol. The first-order valence-electron chi connectivity index (χ1n) is 8.03. The highest BCUT2D eigenvalue weighted by atomic mass is 19.4. The summed E-state index contributed by atoms with van der Waals surface area (Å²) in [5.41, 5.74) is -0.195. The van der Waals surface area contributed by atoms with Crippen molar-refractivity contribution in [1.29, 1.82) is 0 Å². The lowest BCUT2D eigenvalue weighted by atomic mass is 9.97. The highest BCUT2D eigenvalue weighted by Crippen LogP contribution is 2.29. The van der Waals surface area contributed by atoms with Crippen molar-refractivity contribution in [2.24, 2.45) is 4.99 Å². The maximum Gasteiger partial charge on any atom is 0.416 e. The second kappa shape index (κ2) is 7.76. The van der Waals surface area contributed by atoms with E-state index in [4.69, 9.17) is 4.52 Å². The fourth-order valence-corrected chi connectivity index (χ4v) is 2.01. The van der Waals surface area contributed by atoms with Crippen molar-refractivity contribution in [2.75, 3.05) is 7.05 Å². The minimum Gasteiger partial charge on any atom is -0.352 e. The molecule has 0 saturated heterocycles. The van der Waals surface area contributed by atoms with Gasteiger partial charge in [0.1, 0.15) is 0 Å². The van der Waals surface area contributed by atoms with Crippen LogP contribution in [0.15, 0.2) is 33.8 Å². The van der Waals surface area contributed by atoms with Crippen molar-refractivity contribution in [3.05, 3.63) is 47.1 Å². The van der Waals surface area contributed by atoms with Gasteiger partial charge in [-0.15, -0.1) is 0 Å². The van der Waals surface area contributed by atoms with Crippen molar-refractivity contribution in [1.82, 2.24) is 20.8 Å². The summed E-state index contributed by atoms with van der Waals surface area (Å²) in [7, 11) is 1.60. The van der Waals surface area contributed by atoms with E-state index in [0.717, 1.165) is 12.1 Å². The highest BCUT2D eigenvalue weighted by molar-refractivity contribution is 5.79. The van der Waals surface area contributed by atoms with E-state index >= 15 is 0 Å². The van der Waals surface area contributed by atoms with Crippen LogP contribution in [0.3, 0.4) is 0 Å². The van der Waals surface area contributed by atoms with Gasteiger partial charge in [-0.05, 0) is 17.7 Å². The Hall–Kier alpha value is -2.58. The number of hydrogen-bond acceptors (Lipinski definition) is 4. The maximum atomic E-state index is 12.6. The molecule has 0 atom stereocenters. The Morgan fingerprint density at radius 3 is 2.19 bits per heavy atom. The van der Waals surface area contributed by atoms with Gasteiger partial charge in [-0.3, -0.25) is 4.99 Å². The largest absolute Gasteiger partial charge is 0.416 e. The van der Waals surface area contributed by atoms with Crippen LogP contribution in [0.1, 0.15) is 43.6 Å². The molecule has 1 aromatic heterocycles. The van der Waals surface area contributed by atoms with Gasteiger partial charge in [-0.25, -0.2) is 0 Å². The van der Waals surface area contributed by atoms with Crippen molar-refractivity contribution >= 4 is 5.96 Å². The second-order valence-electron chi connectivity index (χ2n) is 6.74. The van der Waals surface area contributed by atoms with Gasteiger partial charge in [-0.1, -0.05) is 38.1 Å². The number of aromatic nitrogens is 2. The molecule has 9 heteroatoms. The van der Waals surface area contributed by atoms with Gasteiger partial charge < -0.3 is 15.2 Å². The summed E-state index contributed by atoms with van der Waals surface area (Å²) in [6.07, 6.45) is -4.33. The van der Waals surface area contributed by atoms with Crippen LogP contribution in [0.25, 0.3) is 0 Å². The standard InChI is InChI=1S/C17H22F3N5O/c1-16(2,3)14-24-13(25-26-14)10-23-15(21-4)22-9-11-5-7-12(8-6-11)17(18,19)20/h5-8H,9-10H2,1-4H3,(H2,21,22,23). The monoisotopic (exact) mass is 369 g/mol. The van der Waals surface area contributed by atoms with Crippen LogP contribution >= 0.6 is 0 Å². The number of guanidine groups is 1. The smallest absolute Gasteiger partial charge is 0.352 e. The molecule has 0 amide bonds. The maximum absolute atomic E-state index is 12.6. The predicted molar refractivity (Wildman–Crippen MR) is 91.5 cm³/mol. The summed E-state index contributed by atoms with van der Waals surface area (Å²) < 4.78 is 42.9. The number of aliphatic imine (C=N–C) groups is 1. The molecule has 6 nitrogen and oxygen atoms in total. The third kappa shape index (κ3) is 5.47. The number of rotatable bonds is 4. The van der Waals surface area contributed by atoms with Gasteiger partial charge in [0.2, 0.25) is 5.89 Å². The number of halogens is 3. The third-order valence-corrected chi connectivity index (χ3v) is 3.49. The molecule has 1 aromatic carbocycles. The zero-order chi connectivity index (χ0) is 19.4. The Bertz CT molecular complexity index is 745. The number of nitrogens with one attached hydrogen (secondary N) is 2. The first-order chi connectivity index (χ1) is 12.1. The lowest BCUT2D eigenvalue weighted by Gasteiger charge is -2.12. The zero-order valence-corrected chi connectivity index (χ0v) is 15.1. The second-order valence-corrected chi connectivity index (χ2v) is 6.74. The van der Waals surface area contributed by atoms with Gasteiger partial charge in [-0.2, -0.15) is 18.2 Å². The van der Waals surface area contributed by atoms with Crippen LogP contribution in [-0.2, 0) is 24.7 Å². The van der Waals surface area contributed by atoms with E-state index in [9.17, 15) is 13.2 Å². The molecular weight excluding hydrogens is 347 g/mol. The fourth-order valence-electron chi connectivity index (χ4n) is 2.01. The van der Waals surface area contributed by atoms with Crippen molar-refractivity contribution in [2.45, 2.75) is 45.5 Å². The summed E-state index contributed by atoms with van der Waals surface area (Å²) in [6, 6.07) is 4.97. The van der Waals surface area contributed by atoms with Gasteiger partial charge in [0.05, 0.1) is 12.1 Å². The molecule has 0 saturated carbocycles. The molecule has 2 N–H and O–H groups in total. The third-order valence-electron chi connectivity index (χ3n) is 3.49. The average Bonchev–Trinajstić information content (AvgIpc) is 3.04. The first-order valence-corrected chi connectivity index (χ1v) is 8.03. The summed E-state index contributed by atoms with van der Waals surface area (Å²) >= 11 is 0. The van der Waals surface area contributed by atoms with E-state index in [-0.39, 0.29) is 5.41 Å². The van der Waals surface area contributed by atoms with E-state index in [1.807, 2.05) is 20.8 Å². The summed E-state index contributed by atoms with van der Waals surface area (Å²) in [5, 5.41) is 9.95. The van der Waals surface area contributed by atoms with E-state index in [1.165, 1.54) is 12.1 Å². The topological polar surface area (TPSA) is 75.3 Å². The lowest BCUT2D eigenvalue weighted by Crippen LogP contribution is -2.36. The van der Waals surface area contributed by atoms with Crippen LogP contribution in [0, 0.1) is 0 Å². The summed E-state index contributed by atoms with van der Waals surface area (Å²) in [4.78, 5) is 8.37. The van der Waals surface area contributed by atoms with Crippen molar-refractivity contribution in [3.8, 4) is 0 Å². The van der Waals surface area contributed by atoms with E-state index in [0.29, 0.717) is 36.3 Å². The summed E-state index contributed by atoms with van der Waals surface area (Å²) in [5.74, 6) is 1.52. The molecule has 0 aliphatic carbocycles. The van der Waals surface area contributed by atoms with Crippen LogP contribution < -0.4 is 10.6 Å². The van der Waals surface area contributed by atoms with Gasteiger partial charge in [0.25, 0.3) is 0 Å². The molecule has 0 spiro atoms. The van der Waals surface area contributed by atoms with Gasteiger partial charge in [0.15, 0.2) is 11.8 Å². The number of benzene rings is 1. The molecule has 0 bridgehead atoms. The van der Waals surface area contributed by atoms with Gasteiger partial charge in [0, 0.05) is 19.0 Å². The lowest BCUT2D eigenvalue weighted by molar-refractivity contribution is -0.137. The first kappa shape index (κ1) is 19.7. The molecule has 0 fully saturated rings. The zero-order valence-electron chi connectivity index (χ0n) is 15.1. The SMILES string of the molecule is CN=C(NCc1ccc(C(F)(F)F)cc1)NCc1noc(C(C)(C)C)n1. The number of alkyl halides is 3. The van der Waals surface area contributed by atoms with E-state index in [1.54, 1.807) is 7.05 Å². The van der Waals surface area contributed by atoms with Crippen LogP contribution in [-0.4, -0.2) is 23.1 Å². The van der Waals surface area contributed by atoms with E-state index in [2.05, 4.69) is 25.8 Å². The minimum absolute atomic E-state index is 0.228. The van der Waals surface area contributed by atoms with Gasteiger partial charge >= 0.3 is 6.18 Å². The van der Waals surface area contributed by atoms with Crippen LogP contribution in [0.2, 0.25) is 0 Å². The Morgan fingerprint density at radius 1 is 1.08 bits per heavy atom. The molecule has 26 heavy (non-hydrogen) atoms. The Morgan fingerprint density at radius 2 is 1.69 bits per heavy atom. The normalized spacial score (nSPS) is 13.0. The van der Waals surface area contributed by atoms with E-state index < -0.39 is 11.7 Å². The quantitative estimate of drug-likeness (QED) is 0.639. The predicted octanol–water partition coefficient (Wildman–Crippen LogP) is 3.25. The number of nitrogens with zero attached hydrogens (tertiary/aromatic N) is 3. The number of hydrogen-bond donors (Lipinski definition) is 2. The minimum atomic E-state index is -4.33. The molecular formula is C17H22F3N5O. The fraction of sp³-hybridized carbons (Fsp3) is 0.471. The molecule has 1 heterocycles. The molecule has 0 radical (unpaired) electrons. The summed E-state index contributed by atoms with van der Waals surface area (Å²) in [6.45, 7) is 6.57. The molecule has 2 rings (SSSR count). The Kier molecular flexibility index (Phi) is 5.89. The Labute approximate surface area is 149 Å². The highest BCUT2D eigenvalue weighted by Gasteiger charge is 2.29. The molecule has 0 aliphatic heterocycles. The molecule has 2 aromatic rings.